The Kier molecular flexibility index (Phi) is 7.21. The minimum absolute atomic E-state index is 0.0766. The van der Waals surface area contributed by atoms with Crippen molar-refractivity contribution in [3.05, 3.63) is 58.1 Å². The maximum absolute atomic E-state index is 12.2. The second kappa shape index (κ2) is 9.21. The van der Waals surface area contributed by atoms with Crippen molar-refractivity contribution >= 4 is 39.0 Å². The minimum atomic E-state index is -3.63. The summed E-state index contributed by atoms with van der Waals surface area (Å²) in [5.74, 6) is -1.65. The number of hydrogen-bond acceptors (Lipinski definition) is 5. The van der Waals surface area contributed by atoms with Crippen LogP contribution in [0.1, 0.15) is 23.1 Å². The second-order valence-corrected chi connectivity index (χ2v) is 9.05. The van der Waals surface area contributed by atoms with Gasteiger partial charge in [0, 0.05) is 10.7 Å². The maximum atomic E-state index is 12.2. The van der Waals surface area contributed by atoms with Crippen LogP contribution >= 0.6 is 11.6 Å². The van der Waals surface area contributed by atoms with Crippen LogP contribution in [0.4, 0.5) is 5.69 Å². The Bertz CT molecular complexity index is 961. The zero-order valence-electron chi connectivity index (χ0n) is 15.9. The number of carbonyl (C=O) groups is 2. The van der Waals surface area contributed by atoms with Gasteiger partial charge < -0.3 is 10.1 Å². The predicted octanol–water partition coefficient (Wildman–Crippen LogP) is 3.61. The van der Waals surface area contributed by atoms with E-state index in [4.69, 9.17) is 16.3 Å². The van der Waals surface area contributed by atoms with Gasteiger partial charge in [0.2, 0.25) is 0 Å². The van der Waals surface area contributed by atoms with Crippen LogP contribution in [0, 0.1) is 20.8 Å². The number of sulfone groups is 1. The smallest absolute Gasteiger partial charge is 0.307 e. The van der Waals surface area contributed by atoms with Crippen LogP contribution in [-0.4, -0.2) is 32.7 Å². The number of aryl methyl sites for hydroxylation is 3. The van der Waals surface area contributed by atoms with Crippen LogP contribution in [0.15, 0.2) is 41.3 Å². The van der Waals surface area contributed by atoms with Crippen molar-refractivity contribution in [3.8, 4) is 0 Å². The molecule has 0 atom stereocenters. The minimum Gasteiger partial charge on any atom is -0.456 e. The molecule has 0 spiro atoms. The standard InChI is InChI=1S/C20H22ClNO5S/c1-13-10-14(2)20(15(3)11-13)22-18(23)12-27-19(24)8-9-28(25,26)17-6-4-16(21)5-7-17/h4-7,10-11H,8-9,12H2,1-3H3,(H,22,23). The molecule has 6 nitrogen and oxygen atoms in total. The van der Waals surface area contributed by atoms with Crippen molar-refractivity contribution < 1.29 is 22.7 Å². The Hall–Kier alpha value is -2.38. The number of ether oxygens (including phenoxy) is 1. The fourth-order valence-corrected chi connectivity index (χ4v) is 4.10. The first-order valence-corrected chi connectivity index (χ1v) is 10.6. The molecular weight excluding hydrogens is 402 g/mol. The number of benzene rings is 2. The largest absolute Gasteiger partial charge is 0.456 e. The van der Waals surface area contributed by atoms with Gasteiger partial charge in [-0.1, -0.05) is 29.3 Å². The lowest BCUT2D eigenvalue weighted by molar-refractivity contribution is -0.146. The van der Waals surface area contributed by atoms with Crippen molar-refractivity contribution in [2.24, 2.45) is 0 Å². The van der Waals surface area contributed by atoms with Gasteiger partial charge in [-0.2, -0.15) is 0 Å². The molecule has 2 rings (SSSR count). The zero-order valence-corrected chi connectivity index (χ0v) is 17.5. The number of esters is 1. The second-order valence-electron chi connectivity index (χ2n) is 6.51. The molecule has 0 bridgehead atoms. The lowest BCUT2D eigenvalue weighted by Gasteiger charge is -2.13. The quantitative estimate of drug-likeness (QED) is 0.687. The highest BCUT2D eigenvalue weighted by Gasteiger charge is 2.18. The molecule has 0 radical (unpaired) electrons. The van der Waals surface area contributed by atoms with Gasteiger partial charge in [-0.15, -0.1) is 0 Å². The number of rotatable bonds is 7. The third-order valence-electron chi connectivity index (χ3n) is 4.05. The molecule has 0 aliphatic rings. The molecule has 2 aromatic carbocycles. The van der Waals surface area contributed by atoms with Crippen LogP contribution in [0.3, 0.4) is 0 Å². The van der Waals surface area contributed by atoms with Gasteiger partial charge >= 0.3 is 5.97 Å². The van der Waals surface area contributed by atoms with Crippen molar-refractivity contribution in [1.82, 2.24) is 0 Å². The summed E-state index contributed by atoms with van der Waals surface area (Å²) in [4.78, 5) is 23.9. The molecule has 0 aliphatic heterocycles. The summed E-state index contributed by atoms with van der Waals surface area (Å²) in [6.07, 6.45) is -0.346. The molecule has 8 heteroatoms. The molecule has 150 valence electrons. The average Bonchev–Trinajstić information content (AvgIpc) is 2.61. The van der Waals surface area contributed by atoms with Crippen molar-refractivity contribution in [2.75, 3.05) is 17.7 Å². The van der Waals surface area contributed by atoms with Gasteiger partial charge in [-0.25, -0.2) is 8.42 Å². The van der Waals surface area contributed by atoms with Gasteiger partial charge in [0.15, 0.2) is 16.4 Å². The van der Waals surface area contributed by atoms with Crippen LogP contribution in [-0.2, 0) is 24.2 Å². The first-order valence-electron chi connectivity index (χ1n) is 8.60. The Morgan fingerprint density at radius 3 is 2.18 bits per heavy atom. The predicted molar refractivity (Wildman–Crippen MR) is 108 cm³/mol. The highest BCUT2D eigenvalue weighted by atomic mass is 35.5. The third-order valence-corrected chi connectivity index (χ3v) is 6.04. The highest BCUT2D eigenvalue weighted by Crippen LogP contribution is 2.21. The van der Waals surface area contributed by atoms with Crippen LogP contribution < -0.4 is 5.32 Å². The van der Waals surface area contributed by atoms with Crippen molar-refractivity contribution in [2.45, 2.75) is 32.1 Å². The Labute approximate surface area is 169 Å². The zero-order chi connectivity index (χ0) is 20.9. The molecule has 0 fully saturated rings. The van der Waals surface area contributed by atoms with E-state index < -0.39 is 34.1 Å². The number of anilines is 1. The first-order chi connectivity index (χ1) is 13.1. The number of carbonyl (C=O) groups excluding carboxylic acids is 2. The van der Waals surface area contributed by atoms with Gasteiger partial charge in [0.05, 0.1) is 17.1 Å². The molecule has 0 aliphatic carbocycles. The van der Waals surface area contributed by atoms with E-state index in [2.05, 4.69) is 5.32 Å². The monoisotopic (exact) mass is 423 g/mol. The maximum Gasteiger partial charge on any atom is 0.307 e. The van der Waals surface area contributed by atoms with E-state index in [1.807, 2.05) is 32.9 Å². The number of nitrogens with one attached hydrogen (secondary N) is 1. The van der Waals surface area contributed by atoms with Crippen LogP contribution in [0.25, 0.3) is 0 Å². The molecule has 0 heterocycles. The Morgan fingerprint density at radius 1 is 1.04 bits per heavy atom. The van der Waals surface area contributed by atoms with E-state index in [9.17, 15) is 18.0 Å². The fourth-order valence-electron chi connectivity index (χ4n) is 2.75. The van der Waals surface area contributed by atoms with E-state index in [0.29, 0.717) is 10.7 Å². The van der Waals surface area contributed by atoms with Gasteiger partial charge in [-0.3, -0.25) is 9.59 Å². The molecule has 1 amide bonds. The molecule has 2 aromatic rings. The summed E-state index contributed by atoms with van der Waals surface area (Å²) in [7, 11) is -3.63. The molecule has 0 saturated carbocycles. The molecular formula is C20H22ClNO5S. The lowest BCUT2D eigenvalue weighted by Crippen LogP contribution is -2.23. The normalized spacial score (nSPS) is 11.1. The summed E-state index contributed by atoms with van der Waals surface area (Å²) < 4.78 is 29.3. The molecule has 1 N–H and O–H groups in total. The van der Waals surface area contributed by atoms with E-state index in [1.54, 1.807) is 0 Å². The Balaban J connectivity index is 1.85. The van der Waals surface area contributed by atoms with Crippen molar-refractivity contribution in [3.63, 3.8) is 0 Å². The highest BCUT2D eigenvalue weighted by molar-refractivity contribution is 7.91. The summed E-state index contributed by atoms with van der Waals surface area (Å²) in [6.45, 7) is 5.24. The molecule has 0 saturated heterocycles. The number of amides is 1. The SMILES string of the molecule is Cc1cc(C)c(NC(=O)COC(=O)CCS(=O)(=O)c2ccc(Cl)cc2)c(C)c1. The molecule has 28 heavy (non-hydrogen) atoms. The third kappa shape index (κ3) is 6.07. The van der Waals surface area contributed by atoms with E-state index in [1.165, 1.54) is 24.3 Å². The molecule has 0 unspecified atom stereocenters. The van der Waals surface area contributed by atoms with E-state index >= 15 is 0 Å². The van der Waals surface area contributed by atoms with E-state index in [-0.39, 0.29) is 11.3 Å². The van der Waals surface area contributed by atoms with Crippen molar-refractivity contribution in [1.29, 1.82) is 0 Å². The average molecular weight is 424 g/mol. The first kappa shape index (κ1) is 21.9. The summed E-state index contributed by atoms with van der Waals surface area (Å²) in [5.41, 5.74) is 3.58. The van der Waals surface area contributed by atoms with Gasteiger partial charge in [-0.05, 0) is 56.2 Å². The Morgan fingerprint density at radius 2 is 1.61 bits per heavy atom. The van der Waals surface area contributed by atoms with Crippen LogP contribution in [0.2, 0.25) is 5.02 Å². The van der Waals surface area contributed by atoms with Gasteiger partial charge in [0.25, 0.3) is 5.91 Å². The lowest BCUT2D eigenvalue weighted by atomic mass is 10.1. The topological polar surface area (TPSA) is 89.5 Å². The van der Waals surface area contributed by atoms with E-state index in [0.717, 1.165) is 16.7 Å². The van der Waals surface area contributed by atoms with Crippen LogP contribution in [0.5, 0.6) is 0 Å². The summed E-state index contributed by atoms with van der Waals surface area (Å²) in [6, 6.07) is 9.57. The number of halogens is 1. The molecule has 0 aromatic heterocycles. The summed E-state index contributed by atoms with van der Waals surface area (Å²) >= 11 is 5.74. The summed E-state index contributed by atoms with van der Waals surface area (Å²) in [5, 5.41) is 3.14. The number of hydrogen-bond donors (Lipinski definition) is 1. The fraction of sp³-hybridized carbons (Fsp3) is 0.300. The van der Waals surface area contributed by atoms with Gasteiger partial charge in [0.1, 0.15) is 0 Å².